The van der Waals surface area contributed by atoms with Gasteiger partial charge in [-0.3, -0.25) is 19.9 Å². The first-order valence-electron chi connectivity index (χ1n) is 29.6. The zero-order valence-electron chi connectivity index (χ0n) is 49.0. The van der Waals surface area contributed by atoms with Gasteiger partial charge in [0.25, 0.3) is 0 Å². The largest absolute Gasteiger partial charge is 0.354 e. The first-order valence-corrected chi connectivity index (χ1v) is 29.6. The van der Waals surface area contributed by atoms with Crippen LogP contribution in [0.2, 0.25) is 0 Å². The molecule has 90 heavy (non-hydrogen) atoms. The Balaban J connectivity index is 0.896. The van der Waals surface area contributed by atoms with Gasteiger partial charge in [-0.05, 0) is 182 Å². The molecule has 15 rings (SSSR count). The average Bonchev–Trinajstić information content (AvgIpc) is 1.89. The van der Waals surface area contributed by atoms with Gasteiger partial charge in [0.2, 0.25) is 0 Å². The molecule has 2 aliphatic heterocycles. The molecule has 4 aromatic carbocycles. The number of fused-ring (bicyclic) bond motifs is 8. The lowest BCUT2D eigenvalue weighted by atomic mass is 10.0. The Morgan fingerprint density at radius 2 is 0.522 bits per heavy atom. The van der Waals surface area contributed by atoms with Crippen LogP contribution in [-0.2, 0) is 0 Å². The van der Waals surface area contributed by atoms with E-state index in [2.05, 4.69) is 213 Å². The van der Waals surface area contributed by atoms with E-state index in [4.69, 9.17) is 19.9 Å². The van der Waals surface area contributed by atoms with Crippen LogP contribution in [-0.4, -0.2) is 49.8 Å². The summed E-state index contributed by atoms with van der Waals surface area (Å²) in [6.07, 6.45) is 15.6. The second-order valence-corrected chi connectivity index (χ2v) is 22.0. The van der Waals surface area contributed by atoms with Gasteiger partial charge in [-0.1, -0.05) is 132 Å². The summed E-state index contributed by atoms with van der Waals surface area (Å²) in [7, 11) is 0. The highest BCUT2D eigenvalue weighted by molar-refractivity contribution is 6.00. The molecule has 0 spiro atoms. The molecule has 0 saturated carbocycles. The highest BCUT2D eigenvalue weighted by Crippen LogP contribution is 2.39. The molecule has 0 fully saturated rings. The van der Waals surface area contributed by atoms with Gasteiger partial charge in [0.15, 0.2) is 0 Å². The van der Waals surface area contributed by atoms with Crippen molar-refractivity contribution in [2.45, 2.75) is 13.8 Å². The van der Waals surface area contributed by atoms with Crippen LogP contribution in [0, 0.1) is 37.5 Å². The average molecular weight is 1150 g/mol. The predicted octanol–water partition coefficient (Wildman–Crippen LogP) is 17.8. The number of hydrogen-bond donors (Lipinski definition) is 2. The minimum Gasteiger partial charge on any atom is -0.354 e. The van der Waals surface area contributed by atoms with Crippen LogP contribution in [0.25, 0.3) is 136 Å². The number of hydrogen-bond acceptors (Lipinski definition) is 8. The van der Waals surface area contributed by atoms with Gasteiger partial charge < -0.3 is 9.97 Å². The lowest BCUT2D eigenvalue weighted by Crippen LogP contribution is -1.94. The summed E-state index contributed by atoms with van der Waals surface area (Å²) < 4.78 is 0. The fraction of sp³-hybridized carbons (Fsp3) is 0.0250. The molecule has 11 heterocycles. The Hall–Kier alpha value is -12.5. The summed E-state index contributed by atoms with van der Waals surface area (Å²) >= 11 is 0. The van der Waals surface area contributed by atoms with E-state index in [0.29, 0.717) is 0 Å². The third-order valence-corrected chi connectivity index (χ3v) is 15.8. The topological polar surface area (TPSA) is 135 Å². The second-order valence-electron chi connectivity index (χ2n) is 22.0. The molecule has 422 valence electrons. The number of pyridine rings is 6. The number of nitrogens with one attached hydrogen (secondary N) is 2. The molecule has 0 atom stereocenters. The number of H-pyrrole nitrogens is 2. The third kappa shape index (κ3) is 11.2. The monoisotopic (exact) mass is 1150 g/mol. The number of nitrogens with zero attached hydrogens (tertiary/aromatic N) is 8. The van der Waals surface area contributed by atoms with E-state index < -0.39 is 0 Å². The van der Waals surface area contributed by atoms with Crippen LogP contribution in [0.1, 0.15) is 56.2 Å². The van der Waals surface area contributed by atoms with Gasteiger partial charge in [-0.25, -0.2) is 19.9 Å². The fourth-order valence-electron chi connectivity index (χ4n) is 11.4. The zero-order chi connectivity index (χ0) is 60.3. The van der Waals surface area contributed by atoms with Crippen molar-refractivity contribution < 1.29 is 0 Å². The predicted molar refractivity (Wildman–Crippen MR) is 363 cm³/mol. The van der Waals surface area contributed by atoms with Crippen LogP contribution in [0.3, 0.4) is 0 Å². The van der Waals surface area contributed by atoms with Crippen molar-refractivity contribution in [3.8, 4) is 114 Å². The molecule has 0 unspecified atom stereocenters. The molecule has 10 heteroatoms. The molecule has 0 amide bonds. The minimum absolute atomic E-state index is 0.720. The Morgan fingerprint density at radius 1 is 0.256 bits per heavy atom. The van der Waals surface area contributed by atoms with E-state index in [-0.39, 0.29) is 0 Å². The minimum atomic E-state index is 0.720. The van der Waals surface area contributed by atoms with Crippen molar-refractivity contribution in [3.05, 3.63) is 299 Å². The van der Waals surface area contributed by atoms with E-state index >= 15 is 0 Å². The first-order chi connectivity index (χ1) is 44.3. The van der Waals surface area contributed by atoms with Crippen molar-refractivity contribution in [2.75, 3.05) is 0 Å². The van der Waals surface area contributed by atoms with Gasteiger partial charge in [0, 0.05) is 91.4 Å². The van der Waals surface area contributed by atoms with Crippen molar-refractivity contribution in [2.24, 2.45) is 0 Å². The van der Waals surface area contributed by atoms with E-state index in [1.54, 1.807) is 24.8 Å². The third-order valence-electron chi connectivity index (χ3n) is 15.8. The molecule has 0 radical (unpaired) electrons. The molecular formula is C80H52N10. The summed E-state index contributed by atoms with van der Waals surface area (Å²) in [4.78, 5) is 47.2. The molecule has 2 aliphatic rings. The Bertz CT molecular complexity index is 4820. The van der Waals surface area contributed by atoms with Gasteiger partial charge >= 0.3 is 0 Å². The number of aromatic nitrogens is 10. The number of rotatable bonds is 8. The first kappa shape index (κ1) is 54.2. The van der Waals surface area contributed by atoms with E-state index in [9.17, 15) is 0 Å². The maximum Gasteiger partial charge on any atom is 0.0906 e. The van der Waals surface area contributed by atoms with Crippen LogP contribution >= 0.6 is 0 Å². The Morgan fingerprint density at radius 3 is 0.789 bits per heavy atom. The van der Waals surface area contributed by atoms with Crippen molar-refractivity contribution in [3.63, 3.8) is 0 Å². The van der Waals surface area contributed by atoms with Crippen molar-refractivity contribution in [1.29, 1.82) is 0 Å². The number of aromatic amines is 2. The van der Waals surface area contributed by atoms with E-state index in [1.807, 2.05) is 97.1 Å². The molecule has 0 saturated heterocycles. The molecule has 9 aromatic heterocycles. The summed E-state index contributed by atoms with van der Waals surface area (Å²) in [5, 5.41) is 0. The van der Waals surface area contributed by atoms with Gasteiger partial charge in [-0.15, -0.1) is 0 Å². The Kier molecular flexibility index (Phi) is 14.3. The van der Waals surface area contributed by atoms with Gasteiger partial charge in [-0.2, -0.15) is 0 Å². The molecular weight excluding hydrogens is 1100 g/mol. The van der Waals surface area contributed by atoms with Gasteiger partial charge in [0.05, 0.1) is 68.3 Å². The standard InChI is InChI=1S/C80H52N10/c1-51-15-27-57(28-16-51)77-65-35-36-66(85-65)78(58-29-17-52(2)18-30-58)68-38-40-70(87-68)80(60-33-25-54(26-34-60)20-22-56-49-75(63-13-5-9-45-83-63)90-76(50-56)64-14-6-10-46-84-64)72-42-41-71(88-72)79(69-39-37-67(77)86-69)59-31-23-53(24-32-59)19-21-55-47-73(61-11-3-7-43-81-61)89-74(48-55)62-12-4-8-44-82-62/h3-18,23-50,86-87H,1-2H3. The van der Waals surface area contributed by atoms with Crippen molar-refractivity contribution in [1.82, 2.24) is 49.8 Å². The maximum atomic E-state index is 5.61. The van der Waals surface area contributed by atoms with Crippen LogP contribution < -0.4 is 0 Å². The molecule has 0 aliphatic carbocycles. The molecule has 10 nitrogen and oxygen atoms in total. The van der Waals surface area contributed by atoms with Gasteiger partial charge in [0.1, 0.15) is 0 Å². The second kappa shape index (κ2) is 23.8. The van der Waals surface area contributed by atoms with Crippen LogP contribution in [0.5, 0.6) is 0 Å². The number of aryl methyl sites for hydroxylation is 2. The fourth-order valence-corrected chi connectivity index (χ4v) is 11.4. The van der Waals surface area contributed by atoms with E-state index in [0.717, 1.165) is 157 Å². The maximum absolute atomic E-state index is 5.61. The number of benzene rings is 4. The summed E-state index contributed by atoms with van der Waals surface area (Å²) in [6.45, 7) is 4.22. The zero-order valence-corrected chi connectivity index (χ0v) is 49.0. The Labute approximate surface area is 520 Å². The normalized spacial score (nSPS) is 11.4. The van der Waals surface area contributed by atoms with E-state index in [1.165, 1.54) is 11.1 Å². The van der Waals surface area contributed by atoms with Crippen LogP contribution in [0.15, 0.2) is 243 Å². The lowest BCUT2D eigenvalue weighted by Gasteiger charge is -2.08. The lowest BCUT2D eigenvalue weighted by molar-refractivity contribution is 1.21. The van der Waals surface area contributed by atoms with Crippen LogP contribution in [0.4, 0.5) is 0 Å². The molecule has 8 bridgehead atoms. The summed E-state index contributed by atoms with van der Waals surface area (Å²) in [5.74, 6) is 13.8. The summed E-state index contributed by atoms with van der Waals surface area (Å²) in [5.41, 5.74) is 26.3. The highest BCUT2D eigenvalue weighted by atomic mass is 14.8. The molecule has 13 aromatic rings. The quantitative estimate of drug-likeness (QED) is 0.144. The SMILES string of the molecule is Cc1ccc(-c2c3nc(c(-c4ccc(C)cc4)c4ccc([nH]4)c(-c4ccc(C#Cc5cc(-c6ccccn6)nc(-c6ccccn6)c5)cc4)c4nc(c(-c5ccc(C#Cc6cc(-c7ccccn7)nc(-c7ccccn7)c6)cc5)c5ccc2[nH]5)C=C4)C=C3)cc1. The smallest absolute Gasteiger partial charge is 0.0906 e. The molecule has 2 N–H and O–H groups in total. The summed E-state index contributed by atoms with van der Waals surface area (Å²) in [6, 6.07) is 73.9. The highest BCUT2D eigenvalue weighted by Gasteiger charge is 2.20. The van der Waals surface area contributed by atoms with Crippen molar-refractivity contribution >= 4 is 46.4 Å².